The van der Waals surface area contributed by atoms with Gasteiger partial charge in [-0.05, 0) is 55.3 Å². The van der Waals surface area contributed by atoms with Gasteiger partial charge in [0, 0.05) is 19.2 Å². The molecule has 4 fully saturated rings. The van der Waals surface area contributed by atoms with Crippen LogP contribution in [-0.2, 0) is 4.74 Å². The van der Waals surface area contributed by atoms with E-state index in [1.807, 2.05) is 0 Å². The molecule has 4 rings (SSSR count). The molecule has 0 aromatic heterocycles. The highest BCUT2D eigenvalue weighted by atomic mass is 16.5. The van der Waals surface area contributed by atoms with Gasteiger partial charge in [-0.15, -0.1) is 0 Å². The van der Waals surface area contributed by atoms with Crippen LogP contribution in [0.4, 0.5) is 0 Å². The normalized spacial score (nSPS) is 49.6. The maximum Gasteiger partial charge on any atom is 0.0897 e. The van der Waals surface area contributed by atoms with E-state index in [1.165, 1.54) is 38.5 Å². The van der Waals surface area contributed by atoms with E-state index in [0.717, 1.165) is 5.92 Å². The van der Waals surface area contributed by atoms with Crippen LogP contribution in [0.2, 0.25) is 0 Å². The number of methoxy groups -OCH3 is 1. The Kier molecular flexibility index (Phi) is 3.23. The fourth-order valence-corrected chi connectivity index (χ4v) is 6.23. The second kappa shape index (κ2) is 4.44. The van der Waals surface area contributed by atoms with Crippen molar-refractivity contribution in [3.8, 4) is 0 Å². The van der Waals surface area contributed by atoms with Gasteiger partial charge < -0.3 is 15.2 Å². The average Bonchev–Trinajstić information content (AvgIpc) is 2.22. The quantitative estimate of drug-likeness (QED) is 0.803. The molecule has 110 valence electrons. The van der Waals surface area contributed by atoms with Crippen LogP contribution in [0, 0.1) is 16.7 Å². The molecule has 3 nitrogen and oxygen atoms in total. The topological polar surface area (TPSA) is 41.5 Å². The minimum Gasteiger partial charge on any atom is -0.389 e. The van der Waals surface area contributed by atoms with Crippen LogP contribution < -0.4 is 5.32 Å². The monoisotopic (exact) mass is 267 g/mol. The molecule has 0 saturated heterocycles. The molecule has 19 heavy (non-hydrogen) atoms. The van der Waals surface area contributed by atoms with Gasteiger partial charge in [-0.1, -0.05) is 13.8 Å². The van der Waals surface area contributed by atoms with E-state index >= 15 is 0 Å². The first-order valence-corrected chi connectivity index (χ1v) is 7.78. The molecule has 0 amide bonds. The highest BCUT2D eigenvalue weighted by molar-refractivity contribution is 5.14. The number of aliphatic hydroxyl groups is 1. The number of nitrogens with one attached hydrogen (secondary N) is 1. The summed E-state index contributed by atoms with van der Waals surface area (Å²) in [6, 6.07) is 0. The summed E-state index contributed by atoms with van der Waals surface area (Å²) >= 11 is 0. The van der Waals surface area contributed by atoms with Gasteiger partial charge in [-0.3, -0.25) is 0 Å². The van der Waals surface area contributed by atoms with Crippen LogP contribution in [0.1, 0.15) is 52.4 Å². The van der Waals surface area contributed by atoms with Crippen molar-refractivity contribution in [1.82, 2.24) is 5.32 Å². The van der Waals surface area contributed by atoms with E-state index in [4.69, 9.17) is 4.74 Å². The first-order valence-electron chi connectivity index (χ1n) is 7.78. The van der Waals surface area contributed by atoms with Gasteiger partial charge in [-0.2, -0.15) is 0 Å². The molecule has 4 aliphatic carbocycles. The Morgan fingerprint density at radius 3 is 2.32 bits per heavy atom. The third-order valence-corrected chi connectivity index (χ3v) is 5.70. The first-order chi connectivity index (χ1) is 8.86. The Labute approximate surface area is 117 Å². The van der Waals surface area contributed by atoms with Gasteiger partial charge in [-0.25, -0.2) is 0 Å². The fraction of sp³-hybridized carbons (Fsp3) is 1.00. The Morgan fingerprint density at radius 1 is 1.16 bits per heavy atom. The summed E-state index contributed by atoms with van der Waals surface area (Å²) in [4.78, 5) is 0. The van der Waals surface area contributed by atoms with Crippen LogP contribution in [-0.4, -0.2) is 37.0 Å². The molecule has 0 heterocycles. The largest absolute Gasteiger partial charge is 0.389 e. The van der Waals surface area contributed by atoms with Gasteiger partial charge in [0.2, 0.25) is 0 Å². The minimum absolute atomic E-state index is 0.289. The third-order valence-electron chi connectivity index (χ3n) is 5.70. The predicted octanol–water partition coefficient (Wildman–Crippen LogP) is 2.33. The molecule has 4 aliphatic rings. The van der Waals surface area contributed by atoms with Crippen molar-refractivity contribution < 1.29 is 9.84 Å². The molecule has 4 saturated carbocycles. The lowest BCUT2D eigenvalue weighted by atomic mass is 9.43. The molecule has 3 heteroatoms. The number of aliphatic hydroxyl groups excluding tert-OH is 1. The first kappa shape index (κ1) is 13.8. The second-order valence-electron chi connectivity index (χ2n) is 8.40. The summed E-state index contributed by atoms with van der Waals surface area (Å²) in [5.74, 6) is 0.901. The second-order valence-corrected chi connectivity index (χ2v) is 8.40. The standard InChI is InChI=1S/C16H29NO2/c1-14-4-12-5-15(2,9-14)11-16(6-12,10-14)17-7-13(18)8-19-3/h12-13,17-18H,4-11H2,1-3H3. The highest BCUT2D eigenvalue weighted by Crippen LogP contribution is 2.66. The van der Waals surface area contributed by atoms with Gasteiger partial charge >= 0.3 is 0 Å². The molecule has 3 unspecified atom stereocenters. The van der Waals surface area contributed by atoms with E-state index in [9.17, 15) is 5.11 Å². The zero-order chi connectivity index (χ0) is 13.7. The smallest absolute Gasteiger partial charge is 0.0897 e. The van der Waals surface area contributed by atoms with Crippen LogP contribution in [0.3, 0.4) is 0 Å². The van der Waals surface area contributed by atoms with Crippen molar-refractivity contribution in [2.45, 2.75) is 64.0 Å². The molecule has 3 atom stereocenters. The molecular weight excluding hydrogens is 238 g/mol. The Hall–Kier alpha value is -0.120. The lowest BCUT2D eigenvalue weighted by Crippen LogP contribution is -2.65. The average molecular weight is 267 g/mol. The SMILES string of the molecule is COCC(O)CNC12CC3CC(C)(CC(C)(C3)C1)C2. The number of hydrogen-bond acceptors (Lipinski definition) is 3. The van der Waals surface area contributed by atoms with Crippen molar-refractivity contribution in [2.75, 3.05) is 20.3 Å². The van der Waals surface area contributed by atoms with Crippen LogP contribution in [0.25, 0.3) is 0 Å². The van der Waals surface area contributed by atoms with Gasteiger partial charge in [0.1, 0.15) is 0 Å². The summed E-state index contributed by atoms with van der Waals surface area (Å²) < 4.78 is 5.02. The Morgan fingerprint density at radius 2 is 1.79 bits per heavy atom. The maximum atomic E-state index is 9.89. The predicted molar refractivity (Wildman–Crippen MR) is 76.0 cm³/mol. The number of β-amino-alcohol motifs (C(OH)–C–C–N with tert-alkyl or cyclic N) is 1. The van der Waals surface area contributed by atoms with Crippen LogP contribution in [0.5, 0.6) is 0 Å². The van der Waals surface area contributed by atoms with Crippen LogP contribution >= 0.6 is 0 Å². The molecule has 0 aromatic rings. The van der Waals surface area contributed by atoms with Crippen molar-refractivity contribution in [3.63, 3.8) is 0 Å². The highest BCUT2D eigenvalue weighted by Gasteiger charge is 2.59. The zero-order valence-electron chi connectivity index (χ0n) is 12.7. The maximum absolute atomic E-state index is 9.89. The Bertz CT molecular complexity index is 339. The van der Waals surface area contributed by atoms with Crippen molar-refractivity contribution in [1.29, 1.82) is 0 Å². The van der Waals surface area contributed by atoms with Crippen molar-refractivity contribution >= 4 is 0 Å². The molecule has 2 N–H and O–H groups in total. The van der Waals surface area contributed by atoms with E-state index in [2.05, 4.69) is 19.2 Å². The van der Waals surface area contributed by atoms with Gasteiger partial charge in [0.15, 0.2) is 0 Å². The Balaban J connectivity index is 1.70. The van der Waals surface area contributed by atoms with Gasteiger partial charge in [0.25, 0.3) is 0 Å². The van der Waals surface area contributed by atoms with E-state index < -0.39 is 0 Å². The summed E-state index contributed by atoms with van der Waals surface area (Å²) in [6.45, 7) is 6.07. The van der Waals surface area contributed by atoms with Gasteiger partial charge in [0.05, 0.1) is 12.7 Å². The molecule has 4 bridgehead atoms. The fourth-order valence-electron chi connectivity index (χ4n) is 6.23. The van der Waals surface area contributed by atoms with Crippen molar-refractivity contribution in [2.24, 2.45) is 16.7 Å². The zero-order valence-corrected chi connectivity index (χ0v) is 12.7. The van der Waals surface area contributed by atoms with E-state index in [1.54, 1.807) is 7.11 Å². The minimum atomic E-state index is -0.376. The van der Waals surface area contributed by atoms with E-state index in [0.29, 0.717) is 24.0 Å². The lowest BCUT2D eigenvalue weighted by molar-refractivity contribution is -0.120. The van der Waals surface area contributed by atoms with E-state index in [-0.39, 0.29) is 11.6 Å². The molecule has 0 radical (unpaired) electrons. The molecule has 0 aliphatic heterocycles. The summed E-state index contributed by atoms with van der Waals surface area (Å²) in [5, 5.41) is 13.6. The summed E-state index contributed by atoms with van der Waals surface area (Å²) in [6.07, 6.45) is 7.79. The molecule has 0 aromatic carbocycles. The molecular formula is C16H29NO2. The summed E-state index contributed by atoms with van der Waals surface area (Å²) in [5.41, 5.74) is 1.36. The lowest BCUT2D eigenvalue weighted by Gasteiger charge is -2.65. The van der Waals surface area contributed by atoms with Crippen LogP contribution in [0.15, 0.2) is 0 Å². The number of rotatable bonds is 5. The van der Waals surface area contributed by atoms with Crippen molar-refractivity contribution in [3.05, 3.63) is 0 Å². The molecule has 0 spiro atoms. The third kappa shape index (κ3) is 2.57. The number of ether oxygens (including phenoxy) is 1. The number of hydrogen-bond donors (Lipinski definition) is 2. The summed E-state index contributed by atoms with van der Waals surface area (Å²) in [7, 11) is 1.65.